The monoisotopic (exact) mass is 816 g/mol. The van der Waals surface area contributed by atoms with E-state index in [2.05, 4.69) is 63.2 Å². The lowest BCUT2D eigenvalue weighted by molar-refractivity contribution is -0.144. The van der Waals surface area contributed by atoms with E-state index in [1.54, 1.807) is 0 Å². The number of anilines is 3. The minimum absolute atomic E-state index is 0.132. The van der Waals surface area contributed by atoms with Crippen molar-refractivity contribution >= 4 is 56.0 Å². The average molecular weight is 817 g/mol. The standard InChI is InChI=1S/C47H56N6O5S/c1-7-57-42(54)30-52-25-21-32(22-26-52)12-11-24-51(6)34-17-18-35(31(2)28-34)36-19-20-41(49-43(36)45(56)58-47(3,4)5)53-27-23-33-13-10-14-37(38(33)29-53)44(55)50-46-48-39-15-8-9-16-40(39)59-46/h8-10,13-20,28,32H,7,11-12,21-27,29-30H2,1-6H3,(H,48,50,55). The molecule has 0 atom stereocenters. The predicted octanol–water partition coefficient (Wildman–Crippen LogP) is 8.93. The van der Waals surface area contributed by atoms with Gasteiger partial charge in [0, 0.05) is 43.5 Å². The number of carbonyl (C=O) groups excluding carboxylic acids is 3. The van der Waals surface area contributed by atoms with Crippen LogP contribution in [0.3, 0.4) is 0 Å². The predicted molar refractivity (Wildman–Crippen MR) is 237 cm³/mol. The molecule has 3 aromatic carbocycles. The SMILES string of the molecule is CCOC(=O)CN1CCC(CCCN(C)c2ccc(-c3ccc(N4CCc5cccc(C(=O)Nc6nc7ccccc7s6)c5C4)nc3C(=O)OC(C)(C)C)c(C)c2)CC1. The molecule has 0 aliphatic carbocycles. The summed E-state index contributed by atoms with van der Waals surface area (Å²) in [5, 5.41) is 3.59. The Hall–Kier alpha value is -5.33. The van der Waals surface area contributed by atoms with E-state index in [9.17, 15) is 14.4 Å². The molecule has 1 saturated heterocycles. The van der Waals surface area contributed by atoms with Gasteiger partial charge in [-0.05, 0) is 150 Å². The lowest BCUT2D eigenvalue weighted by Gasteiger charge is -2.31. The maximum atomic E-state index is 13.9. The largest absolute Gasteiger partial charge is 0.465 e. The van der Waals surface area contributed by atoms with Crippen molar-refractivity contribution in [3.8, 4) is 11.1 Å². The lowest BCUT2D eigenvalue weighted by Crippen LogP contribution is -2.38. The molecule has 2 aliphatic rings. The van der Waals surface area contributed by atoms with Crippen molar-refractivity contribution in [3.63, 3.8) is 0 Å². The quantitative estimate of drug-likeness (QED) is 0.116. The number of esters is 2. The highest BCUT2D eigenvalue weighted by molar-refractivity contribution is 7.22. The normalized spacial score (nSPS) is 14.8. The van der Waals surface area contributed by atoms with E-state index in [0.29, 0.717) is 48.7 Å². The molecule has 0 spiro atoms. The Kier molecular flexibility index (Phi) is 13.0. The van der Waals surface area contributed by atoms with Crippen molar-refractivity contribution < 1.29 is 23.9 Å². The molecule has 310 valence electrons. The number of aryl methyl sites for hydroxylation is 1. The van der Waals surface area contributed by atoms with E-state index in [4.69, 9.17) is 14.5 Å². The first-order chi connectivity index (χ1) is 28.3. The second kappa shape index (κ2) is 18.3. The van der Waals surface area contributed by atoms with Crippen LogP contribution in [-0.2, 0) is 27.2 Å². The van der Waals surface area contributed by atoms with Crippen molar-refractivity contribution in [2.24, 2.45) is 5.92 Å². The Labute approximate surface area is 351 Å². The first-order valence-electron chi connectivity index (χ1n) is 20.8. The number of piperidine rings is 1. The second-order valence-corrected chi connectivity index (χ2v) is 17.7. The number of nitrogens with zero attached hydrogens (tertiary/aromatic N) is 5. The Morgan fingerprint density at radius 2 is 1.73 bits per heavy atom. The summed E-state index contributed by atoms with van der Waals surface area (Å²) in [7, 11) is 2.13. The molecule has 0 unspecified atom stereocenters. The van der Waals surface area contributed by atoms with Crippen molar-refractivity contribution in [2.45, 2.75) is 78.9 Å². The van der Waals surface area contributed by atoms with Gasteiger partial charge in [-0.2, -0.15) is 0 Å². The summed E-state index contributed by atoms with van der Waals surface area (Å²) in [6.07, 6.45) is 5.20. The van der Waals surface area contributed by atoms with Crippen molar-refractivity contribution in [1.29, 1.82) is 0 Å². The van der Waals surface area contributed by atoms with Crippen molar-refractivity contribution in [1.82, 2.24) is 14.9 Å². The van der Waals surface area contributed by atoms with E-state index in [1.807, 2.05) is 76.2 Å². The van der Waals surface area contributed by atoms with Crippen LogP contribution in [0.25, 0.3) is 21.3 Å². The molecule has 0 radical (unpaired) electrons. The zero-order chi connectivity index (χ0) is 41.7. The Balaban J connectivity index is 1.05. The van der Waals surface area contributed by atoms with Crippen molar-refractivity contribution in [3.05, 3.63) is 101 Å². The molecule has 7 rings (SSSR count). The summed E-state index contributed by atoms with van der Waals surface area (Å²) in [4.78, 5) is 55.7. The van der Waals surface area contributed by atoms with Crippen LogP contribution in [0.1, 0.15) is 90.9 Å². The third kappa shape index (κ3) is 10.3. The summed E-state index contributed by atoms with van der Waals surface area (Å²) >= 11 is 1.45. The van der Waals surface area contributed by atoms with Gasteiger partial charge in [-0.1, -0.05) is 41.7 Å². The van der Waals surface area contributed by atoms with E-state index >= 15 is 0 Å². The first kappa shape index (κ1) is 41.8. The first-order valence-corrected chi connectivity index (χ1v) is 21.6. The number of thiazole rings is 1. The number of carbonyl (C=O) groups is 3. The Morgan fingerprint density at radius 1 is 0.949 bits per heavy atom. The minimum atomic E-state index is -0.705. The van der Waals surface area contributed by atoms with Gasteiger partial charge >= 0.3 is 11.9 Å². The molecule has 2 aliphatic heterocycles. The average Bonchev–Trinajstić information content (AvgIpc) is 3.62. The summed E-state index contributed by atoms with van der Waals surface area (Å²) < 4.78 is 12.1. The van der Waals surface area contributed by atoms with Crippen LogP contribution in [0.15, 0.2) is 72.8 Å². The summed E-state index contributed by atoms with van der Waals surface area (Å²) in [6.45, 7) is 14.3. The van der Waals surface area contributed by atoms with Gasteiger partial charge in [0.15, 0.2) is 10.8 Å². The zero-order valence-electron chi connectivity index (χ0n) is 35.2. The van der Waals surface area contributed by atoms with Crippen LogP contribution in [0.5, 0.6) is 0 Å². The third-order valence-corrected chi connectivity index (χ3v) is 12.2. The maximum absolute atomic E-state index is 13.9. The Morgan fingerprint density at radius 3 is 2.47 bits per heavy atom. The maximum Gasteiger partial charge on any atom is 0.358 e. The topological polar surface area (TPSA) is 117 Å². The van der Waals surface area contributed by atoms with Crippen LogP contribution in [0.4, 0.5) is 16.6 Å². The number of hydrogen-bond acceptors (Lipinski definition) is 11. The third-order valence-electron chi connectivity index (χ3n) is 11.2. The summed E-state index contributed by atoms with van der Waals surface area (Å²) in [5.74, 6) is 0.515. The number of likely N-dealkylation sites (tertiary alicyclic amines) is 1. The minimum Gasteiger partial charge on any atom is -0.465 e. The zero-order valence-corrected chi connectivity index (χ0v) is 36.0. The fourth-order valence-electron chi connectivity index (χ4n) is 8.16. The van der Waals surface area contributed by atoms with Gasteiger partial charge in [-0.25, -0.2) is 14.8 Å². The number of para-hydroxylation sites is 1. The van der Waals surface area contributed by atoms with Gasteiger partial charge < -0.3 is 19.3 Å². The van der Waals surface area contributed by atoms with E-state index in [-0.39, 0.29) is 17.6 Å². The number of fused-ring (bicyclic) bond motifs is 2. The molecule has 0 bridgehead atoms. The molecule has 4 heterocycles. The molecule has 1 fully saturated rings. The number of aromatic nitrogens is 2. The number of amides is 1. The summed E-state index contributed by atoms with van der Waals surface area (Å²) in [6, 6.07) is 24.0. The molecule has 0 saturated carbocycles. The molecule has 11 nitrogen and oxygen atoms in total. The lowest BCUT2D eigenvalue weighted by atomic mass is 9.92. The van der Waals surface area contributed by atoms with E-state index in [0.717, 1.165) is 95.5 Å². The van der Waals surface area contributed by atoms with Gasteiger partial charge in [0.1, 0.15) is 11.4 Å². The highest BCUT2D eigenvalue weighted by atomic mass is 32.1. The molecular weight excluding hydrogens is 761 g/mol. The van der Waals surface area contributed by atoms with Crippen LogP contribution >= 0.6 is 11.3 Å². The van der Waals surface area contributed by atoms with Crippen molar-refractivity contribution in [2.75, 3.05) is 61.5 Å². The second-order valence-electron chi connectivity index (χ2n) is 16.7. The smallest absolute Gasteiger partial charge is 0.358 e. The number of benzene rings is 3. The van der Waals surface area contributed by atoms with E-state index in [1.165, 1.54) is 11.3 Å². The molecule has 1 N–H and O–H groups in total. The molecule has 5 aromatic rings. The van der Waals surface area contributed by atoms with Gasteiger partial charge in [-0.3, -0.25) is 19.8 Å². The molecule has 59 heavy (non-hydrogen) atoms. The number of hydrogen-bond donors (Lipinski definition) is 1. The fourth-order valence-corrected chi connectivity index (χ4v) is 9.02. The van der Waals surface area contributed by atoms with Gasteiger partial charge in [-0.15, -0.1) is 0 Å². The van der Waals surface area contributed by atoms with E-state index < -0.39 is 11.6 Å². The molecular formula is C47H56N6O5S. The Bertz CT molecular complexity index is 2280. The van der Waals surface area contributed by atoms with Crippen LogP contribution < -0.4 is 15.1 Å². The van der Waals surface area contributed by atoms with Crippen LogP contribution in [-0.4, -0.2) is 84.7 Å². The highest BCUT2D eigenvalue weighted by Crippen LogP contribution is 2.34. The summed E-state index contributed by atoms with van der Waals surface area (Å²) in [5.41, 5.74) is 6.88. The molecule has 2 aromatic heterocycles. The molecule has 12 heteroatoms. The van der Waals surface area contributed by atoms with Crippen LogP contribution in [0, 0.1) is 12.8 Å². The van der Waals surface area contributed by atoms with Gasteiger partial charge in [0.25, 0.3) is 5.91 Å². The number of ether oxygens (including phenoxy) is 2. The highest BCUT2D eigenvalue weighted by Gasteiger charge is 2.28. The number of nitrogens with one attached hydrogen (secondary N) is 1. The number of rotatable bonds is 13. The van der Waals surface area contributed by atoms with Gasteiger partial charge in [0.05, 0.1) is 23.4 Å². The number of pyridine rings is 1. The van der Waals surface area contributed by atoms with Gasteiger partial charge in [0.2, 0.25) is 0 Å². The van der Waals surface area contributed by atoms with Crippen LogP contribution in [0.2, 0.25) is 0 Å². The fraction of sp³-hybridized carbons (Fsp3) is 0.426. The molecule has 1 amide bonds.